The zero-order valence-corrected chi connectivity index (χ0v) is 16.0. The molecule has 0 saturated carbocycles. The van der Waals surface area contributed by atoms with Crippen LogP contribution in [0.2, 0.25) is 0 Å². The minimum atomic E-state index is -1.85. The van der Waals surface area contributed by atoms with E-state index >= 15 is 0 Å². The Morgan fingerprint density at radius 1 is 0.857 bits per heavy atom. The molecule has 0 amide bonds. The fourth-order valence-corrected chi connectivity index (χ4v) is 2.59. The minimum absolute atomic E-state index is 0. The SMILES string of the molecule is CCCCCCCCCCC(C(=O)[O-])(C(=O)[O-])C(C)C.[Ca+2]. The average molecular weight is 324 g/mol. The van der Waals surface area contributed by atoms with Crippen molar-refractivity contribution in [3.63, 3.8) is 0 Å². The average Bonchev–Trinajstić information content (AvgIpc) is 2.35. The molecule has 0 rings (SSSR count). The maximum Gasteiger partial charge on any atom is 2.00 e. The van der Waals surface area contributed by atoms with Crippen LogP contribution >= 0.6 is 0 Å². The molecule has 0 aliphatic carbocycles. The number of carboxylic acids is 2. The molecule has 0 bridgehead atoms. The predicted molar refractivity (Wildman–Crippen MR) is 80.3 cm³/mol. The summed E-state index contributed by atoms with van der Waals surface area (Å²) in [6.45, 7) is 5.36. The van der Waals surface area contributed by atoms with Gasteiger partial charge in [0.15, 0.2) is 0 Å². The second-order valence-electron chi connectivity index (χ2n) is 5.93. The van der Waals surface area contributed by atoms with Crippen molar-refractivity contribution < 1.29 is 19.8 Å². The summed E-state index contributed by atoms with van der Waals surface area (Å²) in [5.41, 5.74) is -1.85. The summed E-state index contributed by atoms with van der Waals surface area (Å²) in [7, 11) is 0. The van der Waals surface area contributed by atoms with Crippen LogP contribution in [0.25, 0.3) is 0 Å². The van der Waals surface area contributed by atoms with E-state index < -0.39 is 23.3 Å². The van der Waals surface area contributed by atoms with E-state index in [1.165, 1.54) is 25.7 Å². The first kappa shape index (κ1) is 23.5. The molecule has 0 spiro atoms. The van der Waals surface area contributed by atoms with Gasteiger partial charge >= 0.3 is 37.7 Å². The van der Waals surface area contributed by atoms with Crippen LogP contribution in [0.15, 0.2) is 0 Å². The molecule has 0 aromatic heterocycles. The van der Waals surface area contributed by atoms with E-state index in [9.17, 15) is 19.8 Å². The summed E-state index contributed by atoms with van der Waals surface area (Å²) in [6, 6.07) is 0. The van der Waals surface area contributed by atoms with Gasteiger partial charge in [0.1, 0.15) is 0 Å². The molecule has 0 unspecified atom stereocenters. The Morgan fingerprint density at radius 3 is 1.57 bits per heavy atom. The van der Waals surface area contributed by atoms with Crippen LogP contribution in [0.5, 0.6) is 0 Å². The number of carbonyl (C=O) groups is 2. The number of hydrogen-bond acceptors (Lipinski definition) is 4. The summed E-state index contributed by atoms with van der Waals surface area (Å²) in [4.78, 5) is 22.4. The molecular weight excluding hydrogens is 296 g/mol. The van der Waals surface area contributed by atoms with Crippen LogP contribution in [0, 0.1) is 11.3 Å². The first-order valence-corrected chi connectivity index (χ1v) is 7.82. The topological polar surface area (TPSA) is 80.3 Å². The van der Waals surface area contributed by atoms with Crippen molar-refractivity contribution in [2.24, 2.45) is 11.3 Å². The third-order valence-corrected chi connectivity index (χ3v) is 4.14. The molecule has 0 aliphatic rings. The van der Waals surface area contributed by atoms with Crippen LogP contribution in [0.1, 0.15) is 78.6 Å². The van der Waals surface area contributed by atoms with Gasteiger partial charge in [0, 0.05) is 0 Å². The molecule has 118 valence electrons. The largest absolute Gasteiger partial charge is 2.00 e. The Labute approximate surface area is 158 Å². The quantitative estimate of drug-likeness (QED) is 0.308. The predicted octanol–water partition coefficient (Wildman–Crippen LogP) is 1.28. The van der Waals surface area contributed by atoms with E-state index in [1.54, 1.807) is 13.8 Å². The Hall–Kier alpha value is 0.200. The Morgan fingerprint density at radius 2 is 1.24 bits per heavy atom. The third-order valence-electron chi connectivity index (χ3n) is 4.14. The van der Waals surface area contributed by atoms with E-state index in [-0.39, 0.29) is 44.2 Å². The zero-order chi connectivity index (χ0) is 15.6. The third kappa shape index (κ3) is 7.85. The van der Waals surface area contributed by atoms with Gasteiger partial charge in [-0.3, -0.25) is 0 Å². The Balaban J connectivity index is 0. The second-order valence-corrected chi connectivity index (χ2v) is 5.93. The van der Waals surface area contributed by atoms with Gasteiger partial charge in [-0.05, 0) is 12.3 Å². The monoisotopic (exact) mass is 324 g/mol. The molecule has 0 saturated heterocycles. The van der Waals surface area contributed by atoms with Gasteiger partial charge in [-0.2, -0.15) is 0 Å². The number of carbonyl (C=O) groups excluding carboxylic acids is 2. The Bertz CT molecular complexity index is 289. The number of rotatable bonds is 12. The molecule has 0 heterocycles. The van der Waals surface area contributed by atoms with Gasteiger partial charge in [0.05, 0.1) is 17.4 Å². The van der Waals surface area contributed by atoms with Gasteiger partial charge in [-0.1, -0.05) is 72.1 Å². The molecule has 0 radical (unpaired) electrons. The van der Waals surface area contributed by atoms with Gasteiger partial charge < -0.3 is 19.8 Å². The Kier molecular flexibility index (Phi) is 14.2. The molecule has 5 heteroatoms. The molecule has 0 N–H and O–H groups in total. The first-order chi connectivity index (χ1) is 9.39. The zero-order valence-electron chi connectivity index (χ0n) is 13.8. The molecule has 0 fully saturated rings. The van der Waals surface area contributed by atoms with Crippen molar-refractivity contribution in [1.82, 2.24) is 0 Å². The number of carboxylic acid groups (broad SMARTS) is 2. The second kappa shape index (κ2) is 12.7. The molecule has 21 heavy (non-hydrogen) atoms. The van der Waals surface area contributed by atoms with Crippen molar-refractivity contribution in [3.8, 4) is 0 Å². The molecule has 4 nitrogen and oxygen atoms in total. The van der Waals surface area contributed by atoms with Crippen molar-refractivity contribution >= 4 is 49.7 Å². The van der Waals surface area contributed by atoms with Crippen molar-refractivity contribution in [3.05, 3.63) is 0 Å². The normalized spacial score (nSPS) is 11.2. The van der Waals surface area contributed by atoms with E-state index in [0.29, 0.717) is 6.42 Å². The van der Waals surface area contributed by atoms with E-state index in [2.05, 4.69) is 6.92 Å². The summed E-state index contributed by atoms with van der Waals surface area (Å²) < 4.78 is 0. The number of unbranched alkanes of at least 4 members (excludes halogenated alkanes) is 7. The van der Waals surface area contributed by atoms with Crippen LogP contribution in [0.3, 0.4) is 0 Å². The van der Waals surface area contributed by atoms with Crippen LogP contribution in [0.4, 0.5) is 0 Å². The van der Waals surface area contributed by atoms with Gasteiger partial charge in [0.25, 0.3) is 0 Å². The summed E-state index contributed by atoms with van der Waals surface area (Å²) in [5, 5.41) is 22.4. The van der Waals surface area contributed by atoms with Crippen molar-refractivity contribution in [1.29, 1.82) is 0 Å². The fourth-order valence-electron chi connectivity index (χ4n) is 2.59. The standard InChI is InChI=1S/C16H30O4.Ca/c1-4-5-6-7-8-9-10-11-12-16(13(2)3,14(17)18)15(19)20;/h13H,4-12H2,1-3H3,(H,17,18)(H,19,20);/q;+2/p-2. The smallest absolute Gasteiger partial charge is 0.549 e. The van der Waals surface area contributed by atoms with Gasteiger partial charge in [-0.25, -0.2) is 0 Å². The maximum absolute atomic E-state index is 11.2. The van der Waals surface area contributed by atoms with Crippen LogP contribution in [-0.2, 0) is 9.59 Å². The summed E-state index contributed by atoms with van der Waals surface area (Å²) >= 11 is 0. The molecule has 0 atom stereocenters. The van der Waals surface area contributed by atoms with Gasteiger partial charge in [0.2, 0.25) is 0 Å². The molecule has 0 aliphatic heterocycles. The van der Waals surface area contributed by atoms with Crippen molar-refractivity contribution in [2.75, 3.05) is 0 Å². The number of aliphatic carboxylic acids is 2. The summed E-state index contributed by atoms with van der Waals surface area (Å²) in [5.74, 6) is -3.56. The van der Waals surface area contributed by atoms with E-state index in [4.69, 9.17) is 0 Å². The first-order valence-electron chi connectivity index (χ1n) is 7.82. The fraction of sp³-hybridized carbons (Fsp3) is 0.875. The maximum atomic E-state index is 11.2. The van der Waals surface area contributed by atoms with Gasteiger partial charge in [-0.15, -0.1) is 0 Å². The van der Waals surface area contributed by atoms with Crippen LogP contribution < -0.4 is 10.2 Å². The van der Waals surface area contributed by atoms with E-state index in [0.717, 1.165) is 19.3 Å². The molecular formula is C16H28CaO4. The minimum Gasteiger partial charge on any atom is -0.549 e. The number of hydrogen-bond donors (Lipinski definition) is 0. The van der Waals surface area contributed by atoms with E-state index in [1.807, 2.05) is 0 Å². The van der Waals surface area contributed by atoms with Crippen molar-refractivity contribution in [2.45, 2.75) is 78.6 Å². The molecule has 0 aromatic rings. The molecule has 0 aromatic carbocycles. The van der Waals surface area contributed by atoms with Crippen LogP contribution in [-0.4, -0.2) is 49.7 Å². The summed E-state index contributed by atoms with van der Waals surface area (Å²) in [6.07, 6.45) is 8.62.